The number of ether oxygens (including phenoxy) is 1. The van der Waals surface area contributed by atoms with Gasteiger partial charge in [-0.3, -0.25) is 4.40 Å². The first-order valence-corrected chi connectivity index (χ1v) is 6.50. The highest BCUT2D eigenvalue weighted by atomic mass is 32.1. The molecular weight excluding hydrogens is 238 g/mol. The van der Waals surface area contributed by atoms with Gasteiger partial charge in [-0.25, -0.2) is 0 Å². The van der Waals surface area contributed by atoms with Gasteiger partial charge in [-0.05, 0) is 12.8 Å². The van der Waals surface area contributed by atoms with E-state index in [0.29, 0.717) is 12.4 Å². The average molecular weight is 253 g/mol. The van der Waals surface area contributed by atoms with Gasteiger partial charge in [-0.1, -0.05) is 0 Å². The molecule has 0 aromatic carbocycles. The fraction of sp³-hybridized carbons (Fsp3) is 0.545. The summed E-state index contributed by atoms with van der Waals surface area (Å²) in [6.07, 6.45) is 4.07. The van der Waals surface area contributed by atoms with Gasteiger partial charge in [-0.2, -0.15) is 4.98 Å². The van der Waals surface area contributed by atoms with Crippen LogP contribution in [0.1, 0.15) is 18.5 Å². The van der Waals surface area contributed by atoms with Crippen LogP contribution in [0.25, 0.3) is 4.96 Å². The van der Waals surface area contributed by atoms with E-state index >= 15 is 0 Å². The van der Waals surface area contributed by atoms with Crippen molar-refractivity contribution in [1.29, 1.82) is 0 Å². The topological polar surface area (TPSA) is 58.8 Å². The number of aliphatic hydroxyl groups excluding tert-OH is 1. The van der Waals surface area contributed by atoms with E-state index in [0.717, 1.165) is 23.5 Å². The van der Waals surface area contributed by atoms with Gasteiger partial charge < -0.3 is 15.2 Å². The number of imidazole rings is 1. The molecule has 1 saturated carbocycles. The Morgan fingerprint density at radius 1 is 1.65 bits per heavy atom. The molecule has 1 fully saturated rings. The van der Waals surface area contributed by atoms with Crippen molar-refractivity contribution in [1.82, 2.24) is 14.7 Å². The lowest BCUT2D eigenvalue weighted by Crippen LogP contribution is -2.34. The third kappa shape index (κ3) is 1.82. The number of methoxy groups -OCH3 is 1. The Kier molecular flexibility index (Phi) is 2.57. The number of nitrogens with one attached hydrogen (secondary N) is 1. The molecule has 92 valence electrons. The van der Waals surface area contributed by atoms with Crippen molar-refractivity contribution in [3.05, 3.63) is 17.3 Å². The molecule has 0 aliphatic heterocycles. The minimum absolute atomic E-state index is 0.0643. The molecule has 0 saturated heterocycles. The van der Waals surface area contributed by atoms with Gasteiger partial charge in [0.2, 0.25) is 5.88 Å². The summed E-state index contributed by atoms with van der Waals surface area (Å²) < 4.78 is 7.31. The van der Waals surface area contributed by atoms with Crippen LogP contribution >= 0.6 is 11.3 Å². The minimum Gasteiger partial charge on any atom is -0.480 e. The summed E-state index contributed by atoms with van der Waals surface area (Å²) in [6, 6.07) is 0. The summed E-state index contributed by atoms with van der Waals surface area (Å²) in [4.78, 5) is 5.33. The van der Waals surface area contributed by atoms with Gasteiger partial charge in [-0.15, -0.1) is 11.3 Å². The molecule has 5 nitrogen and oxygen atoms in total. The second kappa shape index (κ2) is 3.97. The molecule has 0 bridgehead atoms. The van der Waals surface area contributed by atoms with Crippen LogP contribution in [0.15, 0.2) is 11.6 Å². The van der Waals surface area contributed by atoms with E-state index in [1.807, 2.05) is 16.0 Å². The minimum atomic E-state index is -0.0643. The second-order valence-corrected chi connectivity index (χ2v) is 5.29. The molecule has 2 aromatic heterocycles. The summed E-state index contributed by atoms with van der Waals surface area (Å²) in [7, 11) is 1.63. The van der Waals surface area contributed by atoms with Crippen LogP contribution in [0.5, 0.6) is 5.88 Å². The highest BCUT2D eigenvalue weighted by molar-refractivity contribution is 7.15. The smallest absolute Gasteiger partial charge is 0.237 e. The number of rotatable bonds is 5. The highest BCUT2D eigenvalue weighted by Crippen LogP contribution is 2.35. The van der Waals surface area contributed by atoms with E-state index in [1.165, 1.54) is 0 Å². The molecule has 0 radical (unpaired) electrons. The predicted octanol–water partition coefficient (Wildman–Crippen LogP) is 1.02. The molecule has 1 aliphatic carbocycles. The average Bonchev–Trinajstić information content (AvgIpc) is 2.85. The van der Waals surface area contributed by atoms with Crippen molar-refractivity contribution in [2.24, 2.45) is 0 Å². The largest absolute Gasteiger partial charge is 0.480 e. The lowest BCUT2D eigenvalue weighted by molar-refractivity contribution is 0.228. The summed E-state index contributed by atoms with van der Waals surface area (Å²) in [5.74, 6) is 0.665. The monoisotopic (exact) mass is 253 g/mol. The molecule has 1 aliphatic rings. The first-order chi connectivity index (χ1) is 8.28. The Labute approximate surface area is 103 Å². The first kappa shape index (κ1) is 11.0. The number of thiazole rings is 1. The van der Waals surface area contributed by atoms with E-state index in [4.69, 9.17) is 4.74 Å². The molecule has 3 rings (SSSR count). The van der Waals surface area contributed by atoms with Crippen LogP contribution in [-0.2, 0) is 6.54 Å². The number of aromatic nitrogens is 2. The summed E-state index contributed by atoms with van der Waals surface area (Å²) in [6.45, 7) is 0.864. The molecular formula is C11H15N3O2S. The van der Waals surface area contributed by atoms with E-state index < -0.39 is 0 Å². The van der Waals surface area contributed by atoms with E-state index in [2.05, 4.69) is 10.3 Å². The maximum Gasteiger partial charge on any atom is 0.237 e. The summed E-state index contributed by atoms with van der Waals surface area (Å²) in [5, 5.41) is 14.7. The standard InChI is InChI=1S/C11H15N3O2S/c1-16-9-8(6-12-11(7-15)2-3-11)14-4-5-17-10(14)13-9/h4-5,12,15H,2-3,6-7H2,1H3. The van der Waals surface area contributed by atoms with Crippen molar-refractivity contribution in [3.63, 3.8) is 0 Å². The number of aliphatic hydroxyl groups is 1. The number of hydrogen-bond donors (Lipinski definition) is 2. The zero-order valence-corrected chi connectivity index (χ0v) is 10.5. The SMILES string of the molecule is COc1nc2sccn2c1CNC1(CO)CC1. The zero-order valence-electron chi connectivity index (χ0n) is 9.64. The molecule has 0 spiro atoms. The summed E-state index contributed by atoms with van der Waals surface area (Å²) >= 11 is 1.59. The normalized spacial score (nSPS) is 17.5. The van der Waals surface area contributed by atoms with Crippen molar-refractivity contribution < 1.29 is 9.84 Å². The second-order valence-electron chi connectivity index (χ2n) is 4.42. The summed E-state index contributed by atoms with van der Waals surface area (Å²) in [5.41, 5.74) is 0.953. The van der Waals surface area contributed by atoms with E-state index in [-0.39, 0.29) is 12.1 Å². The highest BCUT2D eigenvalue weighted by Gasteiger charge is 2.41. The van der Waals surface area contributed by atoms with Gasteiger partial charge in [0.1, 0.15) is 5.69 Å². The van der Waals surface area contributed by atoms with Crippen molar-refractivity contribution >= 4 is 16.3 Å². The van der Waals surface area contributed by atoms with Crippen molar-refractivity contribution in [2.45, 2.75) is 24.9 Å². The molecule has 6 heteroatoms. The Morgan fingerprint density at radius 3 is 3.12 bits per heavy atom. The lowest BCUT2D eigenvalue weighted by atomic mass is 10.3. The Balaban J connectivity index is 1.85. The molecule has 0 amide bonds. The van der Waals surface area contributed by atoms with Gasteiger partial charge in [0.25, 0.3) is 0 Å². The van der Waals surface area contributed by atoms with Gasteiger partial charge in [0, 0.05) is 23.7 Å². The van der Waals surface area contributed by atoms with Crippen molar-refractivity contribution in [2.75, 3.05) is 13.7 Å². The fourth-order valence-corrected chi connectivity index (χ4v) is 2.67. The van der Waals surface area contributed by atoms with Crippen LogP contribution in [-0.4, -0.2) is 33.7 Å². The number of nitrogens with zero attached hydrogens (tertiary/aromatic N) is 2. The lowest BCUT2D eigenvalue weighted by Gasteiger charge is -2.13. The molecule has 2 heterocycles. The van der Waals surface area contributed by atoms with Gasteiger partial charge in [0.15, 0.2) is 4.96 Å². The van der Waals surface area contributed by atoms with Crippen LogP contribution in [0, 0.1) is 0 Å². The molecule has 0 unspecified atom stereocenters. The maximum absolute atomic E-state index is 9.27. The first-order valence-electron chi connectivity index (χ1n) is 5.62. The predicted molar refractivity (Wildman–Crippen MR) is 65.5 cm³/mol. The molecule has 17 heavy (non-hydrogen) atoms. The Morgan fingerprint density at radius 2 is 2.47 bits per heavy atom. The zero-order chi connectivity index (χ0) is 11.9. The molecule has 2 aromatic rings. The number of fused-ring (bicyclic) bond motifs is 1. The van der Waals surface area contributed by atoms with Crippen molar-refractivity contribution in [3.8, 4) is 5.88 Å². The van der Waals surface area contributed by atoms with Crippen LogP contribution in [0.4, 0.5) is 0 Å². The third-order valence-electron chi connectivity index (χ3n) is 3.30. The van der Waals surface area contributed by atoms with Crippen LogP contribution in [0.2, 0.25) is 0 Å². The maximum atomic E-state index is 9.27. The third-order valence-corrected chi connectivity index (χ3v) is 4.06. The van der Waals surface area contributed by atoms with Crippen LogP contribution < -0.4 is 10.1 Å². The van der Waals surface area contributed by atoms with Gasteiger partial charge in [0.05, 0.1) is 13.7 Å². The molecule has 0 atom stereocenters. The molecule has 2 N–H and O–H groups in total. The Bertz CT molecular complexity index is 530. The van der Waals surface area contributed by atoms with E-state index in [9.17, 15) is 5.11 Å². The van der Waals surface area contributed by atoms with Crippen LogP contribution in [0.3, 0.4) is 0 Å². The quantitative estimate of drug-likeness (QED) is 0.835. The number of hydrogen-bond acceptors (Lipinski definition) is 5. The van der Waals surface area contributed by atoms with E-state index in [1.54, 1.807) is 18.4 Å². The Hall–Kier alpha value is -1.11. The fourth-order valence-electron chi connectivity index (χ4n) is 1.95. The van der Waals surface area contributed by atoms with Gasteiger partial charge >= 0.3 is 0 Å².